The van der Waals surface area contributed by atoms with Crippen molar-refractivity contribution in [2.45, 2.75) is 46.8 Å². The Balaban J connectivity index is 2.19. The zero-order valence-electron chi connectivity index (χ0n) is 15.5. The van der Waals surface area contributed by atoms with E-state index in [1.54, 1.807) is 39.0 Å². The van der Waals surface area contributed by atoms with Crippen molar-refractivity contribution in [3.63, 3.8) is 0 Å². The first-order valence-electron chi connectivity index (χ1n) is 8.35. The van der Waals surface area contributed by atoms with E-state index in [0.29, 0.717) is 16.9 Å². The first-order valence-corrected chi connectivity index (χ1v) is 8.35. The Kier molecular flexibility index (Phi) is 5.69. The van der Waals surface area contributed by atoms with E-state index in [4.69, 9.17) is 14.3 Å². The molecule has 0 saturated carbocycles. The lowest BCUT2D eigenvalue weighted by atomic mass is 10.0. The van der Waals surface area contributed by atoms with Gasteiger partial charge in [-0.15, -0.1) is 0 Å². The zero-order valence-corrected chi connectivity index (χ0v) is 15.5. The highest BCUT2D eigenvalue weighted by molar-refractivity contribution is 5.87. The second-order valence-corrected chi connectivity index (χ2v) is 6.63. The lowest BCUT2D eigenvalue weighted by Gasteiger charge is -2.21. The maximum absolute atomic E-state index is 12.2. The minimum atomic E-state index is -1.10. The van der Waals surface area contributed by atoms with Crippen molar-refractivity contribution in [2.24, 2.45) is 5.92 Å². The van der Waals surface area contributed by atoms with Crippen LogP contribution in [0, 0.1) is 19.8 Å². The SMILES string of the molecule is Cc1c(C)c2ccc(OC(C)C(=O)N[C@@H](C(=O)O)C(C)C)cc2oc1=O. The number of rotatable bonds is 6. The predicted molar refractivity (Wildman–Crippen MR) is 96.5 cm³/mol. The number of nitrogens with one attached hydrogen (secondary N) is 1. The van der Waals surface area contributed by atoms with Crippen molar-refractivity contribution in [1.82, 2.24) is 5.32 Å². The van der Waals surface area contributed by atoms with Crippen LogP contribution in [0.4, 0.5) is 0 Å². The summed E-state index contributed by atoms with van der Waals surface area (Å²) in [6, 6.07) is 3.99. The number of amides is 1. The molecule has 140 valence electrons. The van der Waals surface area contributed by atoms with E-state index in [-0.39, 0.29) is 5.92 Å². The molecule has 1 amide bonds. The van der Waals surface area contributed by atoms with Crippen LogP contribution < -0.4 is 15.7 Å². The summed E-state index contributed by atoms with van der Waals surface area (Å²) < 4.78 is 10.9. The minimum absolute atomic E-state index is 0.259. The molecule has 2 atom stereocenters. The highest BCUT2D eigenvalue weighted by atomic mass is 16.5. The highest BCUT2D eigenvalue weighted by Gasteiger charge is 2.26. The Morgan fingerprint density at radius 3 is 2.38 bits per heavy atom. The highest BCUT2D eigenvalue weighted by Crippen LogP contribution is 2.24. The second-order valence-electron chi connectivity index (χ2n) is 6.63. The van der Waals surface area contributed by atoms with Crippen LogP contribution >= 0.6 is 0 Å². The van der Waals surface area contributed by atoms with Crippen LogP contribution in [0.3, 0.4) is 0 Å². The molecule has 1 unspecified atom stereocenters. The van der Waals surface area contributed by atoms with Gasteiger partial charge in [-0.25, -0.2) is 9.59 Å². The number of carboxylic acid groups (broad SMARTS) is 1. The van der Waals surface area contributed by atoms with Crippen LogP contribution in [-0.2, 0) is 9.59 Å². The van der Waals surface area contributed by atoms with Gasteiger partial charge in [-0.3, -0.25) is 4.79 Å². The van der Waals surface area contributed by atoms with Gasteiger partial charge in [0, 0.05) is 17.0 Å². The van der Waals surface area contributed by atoms with Crippen molar-refractivity contribution in [3.8, 4) is 5.75 Å². The summed E-state index contributed by atoms with van der Waals surface area (Å²) in [6.07, 6.45) is -0.911. The van der Waals surface area contributed by atoms with E-state index in [1.807, 2.05) is 6.92 Å². The number of carbonyl (C=O) groups excluding carboxylic acids is 1. The quantitative estimate of drug-likeness (QED) is 0.766. The fourth-order valence-electron chi connectivity index (χ4n) is 2.54. The van der Waals surface area contributed by atoms with Gasteiger partial charge in [0.1, 0.15) is 17.4 Å². The Hall–Kier alpha value is -2.83. The molecule has 7 nitrogen and oxygen atoms in total. The van der Waals surface area contributed by atoms with Crippen LogP contribution in [0.2, 0.25) is 0 Å². The van der Waals surface area contributed by atoms with Crippen LogP contribution in [0.25, 0.3) is 11.0 Å². The van der Waals surface area contributed by atoms with Gasteiger partial charge in [0.2, 0.25) is 0 Å². The summed E-state index contributed by atoms with van der Waals surface area (Å²) >= 11 is 0. The van der Waals surface area contributed by atoms with Gasteiger partial charge in [0.15, 0.2) is 6.10 Å². The Labute approximate surface area is 151 Å². The number of aryl methyl sites for hydroxylation is 1. The summed E-state index contributed by atoms with van der Waals surface area (Å²) in [5.74, 6) is -1.54. The minimum Gasteiger partial charge on any atom is -0.481 e. The number of carboxylic acids is 1. The third-order valence-electron chi connectivity index (χ3n) is 4.34. The average Bonchev–Trinajstić information content (AvgIpc) is 2.56. The molecule has 2 N–H and O–H groups in total. The molecular weight excluding hydrogens is 338 g/mol. The molecule has 26 heavy (non-hydrogen) atoms. The van der Waals surface area contributed by atoms with Crippen molar-refractivity contribution < 1.29 is 23.8 Å². The smallest absolute Gasteiger partial charge is 0.339 e. The number of hydrogen-bond donors (Lipinski definition) is 2. The predicted octanol–water partition coefficient (Wildman–Crippen LogP) is 2.40. The third kappa shape index (κ3) is 4.04. The zero-order chi connectivity index (χ0) is 19.6. The van der Waals surface area contributed by atoms with Gasteiger partial charge < -0.3 is 19.6 Å². The van der Waals surface area contributed by atoms with Crippen molar-refractivity contribution in [1.29, 1.82) is 0 Å². The van der Waals surface area contributed by atoms with Gasteiger partial charge >= 0.3 is 11.6 Å². The molecule has 2 aromatic rings. The van der Waals surface area contributed by atoms with Gasteiger partial charge in [0.05, 0.1) is 0 Å². The molecule has 0 spiro atoms. The van der Waals surface area contributed by atoms with E-state index in [2.05, 4.69) is 5.32 Å². The van der Waals surface area contributed by atoms with Crippen LogP contribution in [-0.4, -0.2) is 29.1 Å². The maximum atomic E-state index is 12.2. The van der Waals surface area contributed by atoms with E-state index in [1.165, 1.54) is 6.92 Å². The van der Waals surface area contributed by atoms with E-state index in [0.717, 1.165) is 10.9 Å². The van der Waals surface area contributed by atoms with Gasteiger partial charge in [0.25, 0.3) is 5.91 Å². The normalized spacial score (nSPS) is 13.5. The number of carbonyl (C=O) groups is 2. The first-order chi connectivity index (χ1) is 12.1. The van der Waals surface area contributed by atoms with E-state index < -0.39 is 29.6 Å². The first kappa shape index (κ1) is 19.5. The van der Waals surface area contributed by atoms with Gasteiger partial charge in [-0.1, -0.05) is 13.8 Å². The lowest BCUT2D eigenvalue weighted by molar-refractivity contribution is -0.144. The summed E-state index contributed by atoms with van der Waals surface area (Å²) in [4.78, 5) is 35.2. The molecule has 0 aliphatic heterocycles. The topological polar surface area (TPSA) is 106 Å². The second kappa shape index (κ2) is 7.59. The Morgan fingerprint density at radius 1 is 1.15 bits per heavy atom. The average molecular weight is 361 g/mol. The molecule has 0 aliphatic rings. The largest absolute Gasteiger partial charge is 0.481 e. The maximum Gasteiger partial charge on any atom is 0.339 e. The molecular formula is C19H23NO6. The summed E-state index contributed by atoms with van der Waals surface area (Å²) in [5, 5.41) is 12.4. The number of fused-ring (bicyclic) bond motifs is 1. The molecule has 0 fully saturated rings. The van der Waals surface area contributed by atoms with Gasteiger partial charge in [-0.2, -0.15) is 0 Å². The molecule has 0 bridgehead atoms. The van der Waals surface area contributed by atoms with Crippen LogP contribution in [0.15, 0.2) is 27.4 Å². The monoisotopic (exact) mass is 361 g/mol. The number of benzene rings is 1. The number of aliphatic carboxylic acids is 1. The third-order valence-corrected chi connectivity index (χ3v) is 4.34. The van der Waals surface area contributed by atoms with Gasteiger partial charge in [-0.05, 0) is 44.4 Å². The standard InChI is InChI=1S/C19H23NO6/c1-9(2)16(18(22)23)20-17(21)12(5)25-13-6-7-14-10(3)11(4)19(24)26-15(14)8-13/h6-9,12,16H,1-5H3,(H,20,21)(H,22,23)/t12?,16-/m1/s1. The van der Waals surface area contributed by atoms with Crippen LogP contribution in [0.5, 0.6) is 5.75 Å². The number of hydrogen-bond acceptors (Lipinski definition) is 5. The van der Waals surface area contributed by atoms with Crippen molar-refractivity contribution in [3.05, 3.63) is 39.7 Å². The van der Waals surface area contributed by atoms with E-state index in [9.17, 15) is 14.4 Å². The number of ether oxygens (including phenoxy) is 1. The summed E-state index contributed by atoms with van der Waals surface area (Å²) in [5.41, 5.74) is 1.33. The van der Waals surface area contributed by atoms with Crippen molar-refractivity contribution in [2.75, 3.05) is 0 Å². The molecule has 1 aromatic carbocycles. The van der Waals surface area contributed by atoms with E-state index >= 15 is 0 Å². The molecule has 0 saturated heterocycles. The molecule has 7 heteroatoms. The molecule has 0 aliphatic carbocycles. The van der Waals surface area contributed by atoms with Crippen molar-refractivity contribution >= 4 is 22.8 Å². The molecule has 1 aromatic heterocycles. The lowest BCUT2D eigenvalue weighted by Crippen LogP contribution is -2.48. The fourth-order valence-corrected chi connectivity index (χ4v) is 2.54. The molecule has 1 heterocycles. The van der Waals surface area contributed by atoms with Crippen LogP contribution in [0.1, 0.15) is 31.9 Å². The summed E-state index contributed by atoms with van der Waals surface area (Å²) in [7, 11) is 0. The Bertz CT molecular complexity index is 899. The summed E-state index contributed by atoms with van der Waals surface area (Å²) in [6.45, 7) is 8.48. The molecule has 0 radical (unpaired) electrons. The molecule has 2 rings (SSSR count). The Morgan fingerprint density at radius 2 is 1.81 bits per heavy atom. The fraction of sp³-hybridized carbons (Fsp3) is 0.421.